The van der Waals surface area contributed by atoms with Crippen LogP contribution in [0, 0.1) is 0 Å². The topological polar surface area (TPSA) is 223 Å². The molecule has 0 aliphatic carbocycles. The molecule has 4 rings (SSSR count). The molecule has 7 N–H and O–H groups in total. The Kier molecular flexibility index (Phi) is 9.15. The number of hydrogen-bond donors (Lipinski definition) is 5. The molecule has 1 unspecified atom stereocenters. The number of hydrogen-bond acceptors (Lipinski definition) is 12. The first-order chi connectivity index (χ1) is 17.7. The second-order valence-electron chi connectivity index (χ2n) is 7.59. The van der Waals surface area contributed by atoms with Gasteiger partial charge in [-0.1, -0.05) is 29.4 Å². The lowest BCUT2D eigenvalue weighted by atomic mass is 10.0. The van der Waals surface area contributed by atoms with Crippen LogP contribution in [0.1, 0.15) is 23.9 Å². The highest BCUT2D eigenvalue weighted by molar-refractivity contribution is 8.00. The molecule has 196 valence electrons. The molecule has 2 atom stereocenters. The zero-order chi connectivity index (χ0) is 27.1. The molecule has 2 amide bonds. The van der Waals surface area contributed by atoms with Crippen molar-refractivity contribution in [3.05, 3.63) is 52.5 Å². The summed E-state index contributed by atoms with van der Waals surface area (Å²) >= 11 is 2.25. The smallest absolute Gasteiger partial charge is 0.352 e. The highest BCUT2D eigenvalue weighted by Crippen LogP contribution is 2.40. The SMILES string of the molecule is CC1=C(C(=O)O)N2C(=O)C(NC(=O)/C(=N/OCc3ccc(CN)cc3)c3nsc(N)n3)[C@H]2SC1.O=CO. The number of carbonyl (C=O) groups is 4. The van der Waals surface area contributed by atoms with Crippen LogP contribution in [0.15, 0.2) is 40.7 Å². The number of amides is 2. The number of benzene rings is 1. The van der Waals surface area contributed by atoms with E-state index < -0.39 is 29.2 Å². The Labute approximate surface area is 218 Å². The zero-order valence-corrected chi connectivity index (χ0v) is 21.0. The largest absolute Gasteiger partial charge is 0.483 e. The van der Waals surface area contributed by atoms with Crippen molar-refractivity contribution in [1.82, 2.24) is 19.6 Å². The average Bonchev–Trinajstić information content (AvgIpc) is 3.31. The van der Waals surface area contributed by atoms with E-state index >= 15 is 0 Å². The Balaban J connectivity index is 0.00000121. The molecule has 0 saturated carbocycles. The van der Waals surface area contributed by atoms with Crippen LogP contribution in [0.4, 0.5) is 5.13 Å². The number of β-lactam (4-membered cyclic amide) rings is 1. The van der Waals surface area contributed by atoms with Crippen molar-refractivity contribution in [3.8, 4) is 0 Å². The second-order valence-corrected chi connectivity index (χ2v) is 9.48. The Hall–Kier alpha value is -4.02. The zero-order valence-electron chi connectivity index (χ0n) is 19.4. The van der Waals surface area contributed by atoms with E-state index in [1.807, 2.05) is 24.3 Å². The third kappa shape index (κ3) is 6.22. The molecule has 2 aliphatic rings. The van der Waals surface area contributed by atoms with Crippen molar-refractivity contribution < 1.29 is 34.2 Å². The summed E-state index contributed by atoms with van der Waals surface area (Å²) in [6.45, 7) is 1.90. The summed E-state index contributed by atoms with van der Waals surface area (Å²) in [4.78, 5) is 56.2. The minimum absolute atomic E-state index is 0.0413. The highest BCUT2D eigenvalue weighted by Gasteiger charge is 2.54. The third-order valence-electron chi connectivity index (χ3n) is 5.16. The molecule has 1 aromatic heterocycles. The first-order valence-electron chi connectivity index (χ1n) is 10.6. The van der Waals surface area contributed by atoms with Gasteiger partial charge in [-0.05, 0) is 23.6 Å². The van der Waals surface area contributed by atoms with Crippen LogP contribution in [-0.4, -0.2) is 71.6 Å². The van der Waals surface area contributed by atoms with Gasteiger partial charge in [0.05, 0.1) is 0 Å². The summed E-state index contributed by atoms with van der Waals surface area (Å²) in [5.74, 6) is -2.05. The lowest BCUT2D eigenvalue weighted by Gasteiger charge is -2.49. The van der Waals surface area contributed by atoms with E-state index in [-0.39, 0.29) is 35.4 Å². The summed E-state index contributed by atoms with van der Waals surface area (Å²) in [5.41, 5.74) is 13.3. The Morgan fingerprint density at radius 1 is 1.32 bits per heavy atom. The summed E-state index contributed by atoms with van der Waals surface area (Å²) < 4.78 is 4.02. The Morgan fingerprint density at radius 3 is 2.54 bits per heavy atom. The molecule has 14 nitrogen and oxygen atoms in total. The summed E-state index contributed by atoms with van der Waals surface area (Å²) in [6, 6.07) is 6.44. The standard InChI is InChI=1S/C20H21N7O5S2.CH2O2/c1-9-8-33-18-13(17(29)27(18)14(9)19(30)31)23-16(28)12(15-24-20(22)34-26-15)25-32-7-11-4-2-10(6-21)3-5-11;2-1-3/h2-5,13,18H,6-8,21H2,1H3,(H,23,28)(H,30,31)(H2,22,24,26);1H,(H,2,3)/b25-12+;/t13?,18-;/m1./s1. The van der Waals surface area contributed by atoms with Gasteiger partial charge in [0.2, 0.25) is 11.5 Å². The quantitative estimate of drug-likeness (QED) is 0.127. The maximum Gasteiger partial charge on any atom is 0.352 e. The number of nitrogens with one attached hydrogen (secondary N) is 1. The number of rotatable bonds is 8. The monoisotopic (exact) mass is 549 g/mol. The molecule has 2 aliphatic heterocycles. The number of nitrogens with two attached hydrogens (primary N) is 2. The minimum Gasteiger partial charge on any atom is -0.483 e. The van der Waals surface area contributed by atoms with Gasteiger partial charge >= 0.3 is 5.97 Å². The number of carbonyl (C=O) groups excluding carboxylic acids is 2. The fraction of sp³-hybridized carbons (Fsp3) is 0.286. The predicted molar refractivity (Wildman–Crippen MR) is 134 cm³/mol. The maximum absolute atomic E-state index is 13.0. The molecule has 1 aromatic carbocycles. The number of oxime groups is 1. The summed E-state index contributed by atoms with van der Waals surface area (Å²) in [7, 11) is 0. The minimum atomic E-state index is -1.18. The van der Waals surface area contributed by atoms with E-state index in [0.29, 0.717) is 17.9 Å². The fourth-order valence-corrected chi connectivity index (χ4v) is 5.17. The molecule has 0 bridgehead atoms. The predicted octanol–water partition coefficient (Wildman–Crippen LogP) is -0.0408. The van der Waals surface area contributed by atoms with Crippen molar-refractivity contribution in [2.24, 2.45) is 10.9 Å². The van der Waals surface area contributed by atoms with Crippen LogP contribution in [0.3, 0.4) is 0 Å². The summed E-state index contributed by atoms with van der Waals surface area (Å²) in [6.07, 6.45) is 0. The van der Waals surface area contributed by atoms with Gasteiger partial charge in [0.1, 0.15) is 23.7 Å². The van der Waals surface area contributed by atoms with Crippen LogP contribution in [-0.2, 0) is 37.2 Å². The van der Waals surface area contributed by atoms with Crippen molar-refractivity contribution >= 4 is 58.4 Å². The molecule has 1 saturated heterocycles. The number of thioether (sulfide) groups is 1. The van der Waals surface area contributed by atoms with Gasteiger partial charge in [-0.15, -0.1) is 11.8 Å². The number of carboxylic acid groups (broad SMARTS) is 2. The van der Waals surface area contributed by atoms with Gasteiger partial charge in [0.15, 0.2) is 5.13 Å². The normalized spacial score (nSPS) is 18.7. The maximum atomic E-state index is 13.0. The number of anilines is 1. The van der Waals surface area contributed by atoms with Gasteiger partial charge in [0.25, 0.3) is 18.3 Å². The van der Waals surface area contributed by atoms with Crippen molar-refractivity contribution in [2.75, 3.05) is 11.5 Å². The molecule has 37 heavy (non-hydrogen) atoms. The molecule has 0 radical (unpaired) electrons. The molecule has 3 heterocycles. The fourth-order valence-electron chi connectivity index (χ4n) is 3.44. The second kappa shape index (κ2) is 12.3. The van der Waals surface area contributed by atoms with E-state index in [0.717, 1.165) is 22.7 Å². The number of nitrogen functional groups attached to an aromatic ring is 1. The van der Waals surface area contributed by atoms with Crippen LogP contribution >= 0.6 is 23.3 Å². The van der Waals surface area contributed by atoms with Crippen molar-refractivity contribution in [2.45, 2.75) is 31.5 Å². The van der Waals surface area contributed by atoms with E-state index in [9.17, 15) is 19.5 Å². The van der Waals surface area contributed by atoms with Gasteiger partial charge < -0.3 is 31.8 Å². The number of carboxylic acids is 1. The molecule has 0 spiro atoms. The third-order valence-corrected chi connectivity index (χ3v) is 7.13. The molecular formula is C21H23N7O7S2. The van der Waals surface area contributed by atoms with E-state index in [2.05, 4.69) is 19.8 Å². The molecule has 1 fully saturated rings. The highest BCUT2D eigenvalue weighted by atomic mass is 32.2. The van der Waals surface area contributed by atoms with Crippen LogP contribution in [0.25, 0.3) is 0 Å². The van der Waals surface area contributed by atoms with E-state index in [1.54, 1.807) is 6.92 Å². The van der Waals surface area contributed by atoms with Crippen molar-refractivity contribution in [3.63, 3.8) is 0 Å². The average molecular weight is 550 g/mol. The van der Waals surface area contributed by atoms with E-state index in [1.165, 1.54) is 16.7 Å². The lowest BCUT2D eigenvalue weighted by molar-refractivity contribution is -0.150. The lowest BCUT2D eigenvalue weighted by Crippen LogP contribution is -2.71. The Morgan fingerprint density at radius 2 is 1.97 bits per heavy atom. The van der Waals surface area contributed by atoms with Crippen LogP contribution in [0.5, 0.6) is 0 Å². The van der Waals surface area contributed by atoms with Crippen molar-refractivity contribution in [1.29, 1.82) is 0 Å². The van der Waals surface area contributed by atoms with Gasteiger partial charge in [-0.3, -0.25) is 19.3 Å². The first-order valence-corrected chi connectivity index (χ1v) is 12.4. The van der Waals surface area contributed by atoms with Gasteiger partial charge in [-0.2, -0.15) is 9.36 Å². The number of aromatic nitrogens is 2. The van der Waals surface area contributed by atoms with Gasteiger partial charge in [0, 0.05) is 23.8 Å². The van der Waals surface area contributed by atoms with Gasteiger partial charge in [-0.25, -0.2) is 4.79 Å². The molecule has 2 aromatic rings. The number of aliphatic carboxylic acids is 1. The first kappa shape index (κ1) is 27.6. The molecule has 16 heteroatoms. The van der Waals surface area contributed by atoms with Crippen LogP contribution in [0.2, 0.25) is 0 Å². The number of nitrogens with zero attached hydrogens (tertiary/aromatic N) is 4. The molecular weight excluding hydrogens is 526 g/mol. The van der Waals surface area contributed by atoms with E-state index in [4.69, 9.17) is 26.2 Å². The number of fused-ring (bicyclic) bond motifs is 1. The van der Waals surface area contributed by atoms with Crippen LogP contribution < -0.4 is 16.8 Å². The Bertz CT molecular complexity index is 1250. The summed E-state index contributed by atoms with van der Waals surface area (Å²) in [5, 5.41) is 22.5.